The summed E-state index contributed by atoms with van der Waals surface area (Å²) in [6, 6.07) is 10.4. The van der Waals surface area contributed by atoms with E-state index in [0.29, 0.717) is 0 Å². The molecule has 0 aromatic heterocycles. The molecule has 1 saturated heterocycles. The van der Waals surface area contributed by atoms with Gasteiger partial charge in [0.15, 0.2) is 5.79 Å². The summed E-state index contributed by atoms with van der Waals surface area (Å²) in [6.45, 7) is 3.84. The number of benzene rings is 1. The number of hydrogen-bond donors (Lipinski definition) is 0. The van der Waals surface area contributed by atoms with E-state index in [4.69, 9.17) is 9.47 Å². The molecule has 1 fully saturated rings. The maximum Gasteiger partial charge on any atom is 0.194 e. The largest absolute Gasteiger partial charge is 0.346 e. The molecule has 0 spiro atoms. The Morgan fingerprint density at radius 3 is 2.28 bits per heavy atom. The maximum atomic E-state index is 6.10. The van der Waals surface area contributed by atoms with Crippen molar-refractivity contribution in [3.8, 4) is 0 Å². The van der Waals surface area contributed by atoms with Crippen LogP contribution in [0.5, 0.6) is 0 Å². The Kier molecular flexibility index (Phi) is 5.21. The first-order valence-electron chi connectivity index (χ1n) is 7.21. The topological polar surface area (TPSA) is 18.5 Å². The zero-order valence-electron chi connectivity index (χ0n) is 11.4. The predicted molar refractivity (Wildman–Crippen MR) is 73.4 cm³/mol. The molecule has 18 heavy (non-hydrogen) atoms. The Bertz CT molecular complexity index is 326. The molecule has 1 aromatic rings. The molecule has 1 aliphatic heterocycles. The van der Waals surface area contributed by atoms with E-state index in [2.05, 4.69) is 31.2 Å². The fraction of sp³-hybridized carbons (Fsp3) is 0.625. The third kappa shape index (κ3) is 3.33. The molecule has 0 atom stereocenters. The SMILES string of the molecule is CCCCCC1(c2ccccc2)OCCCCO1. The average molecular weight is 248 g/mol. The van der Waals surface area contributed by atoms with E-state index in [9.17, 15) is 0 Å². The third-order valence-corrected chi connectivity index (χ3v) is 3.53. The summed E-state index contributed by atoms with van der Waals surface area (Å²) in [6.07, 6.45) is 6.78. The molecule has 0 radical (unpaired) electrons. The molecule has 0 amide bonds. The Hall–Kier alpha value is -0.860. The second-order valence-corrected chi connectivity index (χ2v) is 4.98. The molecule has 2 rings (SSSR count). The molecule has 0 bridgehead atoms. The van der Waals surface area contributed by atoms with Crippen molar-refractivity contribution in [3.63, 3.8) is 0 Å². The fourth-order valence-electron chi connectivity index (χ4n) is 2.48. The molecule has 0 unspecified atom stereocenters. The number of hydrogen-bond acceptors (Lipinski definition) is 2. The van der Waals surface area contributed by atoms with Gasteiger partial charge in [0.1, 0.15) is 0 Å². The van der Waals surface area contributed by atoms with Gasteiger partial charge in [0.2, 0.25) is 0 Å². The van der Waals surface area contributed by atoms with Crippen LogP contribution in [0.1, 0.15) is 51.0 Å². The van der Waals surface area contributed by atoms with E-state index in [1.807, 2.05) is 6.07 Å². The Morgan fingerprint density at radius 1 is 1.00 bits per heavy atom. The smallest absolute Gasteiger partial charge is 0.194 e. The van der Waals surface area contributed by atoms with Gasteiger partial charge in [0.25, 0.3) is 0 Å². The summed E-state index contributed by atoms with van der Waals surface area (Å²) >= 11 is 0. The van der Waals surface area contributed by atoms with Gasteiger partial charge >= 0.3 is 0 Å². The van der Waals surface area contributed by atoms with Crippen LogP contribution in [0, 0.1) is 0 Å². The van der Waals surface area contributed by atoms with Crippen molar-refractivity contribution >= 4 is 0 Å². The van der Waals surface area contributed by atoms with Crippen LogP contribution >= 0.6 is 0 Å². The molecule has 0 aliphatic carbocycles. The van der Waals surface area contributed by atoms with Crippen molar-refractivity contribution in [2.75, 3.05) is 13.2 Å². The number of unbranched alkanes of at least 4 members (excludes halogenated alkanes) is 2. The second-order valence-electron chi connectivity index (χ2n) is 4.98. The molecule has 0 saturated carbocycles. The van der Waals surface area contributed by atoms with Crippen LogP contribution < -0.4 is 0 Å². The van der Waals surface area contributed by atoms with Crippen LogP contribution in [0.25, 0.3) is 0 Å². The standard InChI is InChI=1S/C16H24O2/c1-2-3-7-12-16(15-10-5-4-6-11-15)17-13-8-9-14-18-16/h4-6,10-11H,2-3,7-9,12-14H2,1H3. The van der Waals surface area contributed by atoms with E-state index in [1.165, 1.54) is 18.4 Å². The molecular weight excluding hydrogens is 224 g/mol. The lowest BCUT2D eigenvalue weighted by Crippen LogP contribution is -2.32. The summed E-state index contributed by atoms with van der Waals surface area (Å²) in [7, 11) is 0. The fourth-order valence-corrected chi connectivity index (χ4v) is 2.48. The normalized spacial score (nSPS) is 19.4. The van der Waals surface area contributed by atoms with Gasteiger partial charge in [-0.25, -0.2) is 0 Å². The zero-order chi connectivity index (χ0) is 12.7. The van der Waals surface area contributed by atoms with E-state index >= 15 is 0 Å². The molecule has 2 heteroatoms. The highest BCUT2D eigenvalue weighted by Crippen LogP contribution is 2.35. The van der Waals surface area contributed by atoms with Crippen molar-refractivity contribution in [3.05, 3.63) is 35.9 Å². The van der Waals surface area contributed by atoms with Crippen LogP contribution in [0.4, 0.5) is 0 Å². The first-order valence-corrected chi connectivity index (χ1v) is 7.21. The van der Waals surface area contributed by atoms with Gasteiger partial charge in [-0.15, -0.1) is 0 Å². The Balaban J connectivity index is 2.15. The van der Waals surface area contributed by atoms with E-state index in [-0.39, 0.29) is 0 Å². The molecule has 1 aromatic carbocycles. The minimum Gasteiger partial charge on any atom is -0.346 e. The molecular formula is C16H24O2. The summed E-state index contributed by atoms with van der Waals surface area (Å²) in [5, 5.41) is 0. The molecule has 2 nitrogen and oxygen atoms in total. The lowest BCUT2D eigenvalue weighted by atomic mass is 9.99. The van der Waals surface area contributed by atoms with Gasteiger partial charge in [0, 0.05) is 12.0 Å². The highest BCUT2D eigenvalue weighted by Gasteiger charge is 2.34. The third-order valence-electron chi connectivity index (χ3n) is 3.53. The van der Waals surface area contributed by atoms with Crippen molar-refractivity contribution < 1.29 is 9.47 Å². The molecule has 1 aliphatic rings. The van der Waals surface area contributed by atoms with Crippen molar-refractivity contribution in [2.45, 2.75) is 51.2 Å². The quantitative estimate of drug-likeness (QED) is 0.725. The summed E-state index contributed by atoms with van der Waals surface area (Å²) in [5.41, 5.74) is 1.17. The average Bonchev–Trinajstić information content (AvgIpc) is 2.67. The minimum absolute atomic E-state index is 0.493. The van der Waals surface area contributed by atoms with Crippen molar-refractivity contribution in [2.24, 2.45) is 0 Å². The predicted octanol–water partition coefficient (Wildman–Crippen LogP) is 4.25. The number of ether oxygens (including phenoxy) is 2. The first kappa shape index (κ1) is 13.6. The van der Waals surface area contributed by atoms with Gasteiger partial charge in [-0.1, -0.05) is 50.1 Å². The monoisotopic (exact) mass is 248 g/mol. The van der Waals surface area contributed by atoms with Gasteiger partial charge < -0.3 is 9.47 Å². The maximum absolute atomic E-state index is 6.10. The molecule has 1 heterocycles. The van der Waals surface area contributed by atoms with Gasteiger partial charge in [-0.3, -0.25) is 0 Å². The van der Waals surface area contributed by atoms with Gasteiger partial charge in [-0.2, -0.15) is 0 Å². The summed E-state index contributed by atoms with van der Waals surface area (Å²) < 4.78 is 12.2. The Morgan fingerprint density at radius 2 is 1.67 bits per heavy atom. The Labute approximate surface area is 110 Å². The van der Waals surface area contributed by atoms with Crippen LogP contribution in [-0.2, 0) is 15.3 Å². The van der Waals surface area contributed by atoms with Gasteiger partial charge in [-0.05, 0) is 19.3 Å². The zero-order valence-corrected chi connectivity index (χ0v) is 11.4. The molecule has 100 valence electrons. The lowest BCUT2D eigenvalue weighted by Gasteiger charge is -2.33. The van der Waals surface area contributed by atoms with E-state index in [1.54, 1.807) is 0 Å². The van der Waals surface area contributed by atoms with E-state index in [0.717, 1.165) is 38.9 Å². The lowest BCUT2D eigenvalue weighted by molar-refractivity contribution is -0.239. The second kappa shape index (κ2) is 6.91. The van der Waals surface area contributed by atoms with Crippen molar-refractivity contribution in [1.29, 1.82) is 0 Å². The minimum atomic E-state index is -0.493. The summed E-state index contributed by atoms with van der Waals surface area (Å²) in [5.74, 6) is -0.493. The van der Waals surface area contributed by atoms with Crippen LogP contribution in [-0.4, -0.2) is 13.2 Å². The molecule has 0 N–H and O–H groups in total. The van der Waals surface area contributed by atoms with Crippen LogP contribution in [0.15, 0.2) is 30.3 Å². The van der Waals surface area contributed by atoms with Crippen molar-refractivity contribution in [1.82, 2.24) is 0 Å². The summed E-state index contributed by atoms with van der Waals surface area (Å²) in [4.78, 5) is 0. The highest BCUT2D eigenvalue weighted by atomic mass is 16.7. The van der Waals surface area contributed by atoms with E-state index < -0.39 is 5.79 Å². The highest BCUT2D eigenvalue weighted by molar-refractivity contribution is 5.20. The number of rotatable bonds is 5. The van der Waals surface area contributed by atoms with Gasteiger partial charge in [0.05, 0.1) is 13.2 Å². The van der Waals surface area contributed by atoms with Crippen LogP contribution in [0.3, 0.4) is 0 Å². The van der Waals surface area contributed by atoms with Crippen LogP contribution in [0.2, 0.25) is 0 Å². The first-order chi connectivity index (χ1) is 8.87.